The molecule has 2 aromatic carbocycles. The van der Waals surface area contributed by atoms with Crippen LogP contribution in [0.15, 0.2) is 48.5 Å². The number of benzene rings is 2. The highest BCUT2D eigenvalue weighted by molar-refractivity contribution is 5.97. The van der Waals surface area contributed by atoms with Crippen molar-refractivity contribution in [2.75, 3.05) is 23.8 Å². The number of hydrogen-bond donors (Lipinski definition) is 2. The number of hydrogen-bond acceptors (Lipinski definition) is 7. The van der Waals surface area contributed by atoms with Crippen molar-refractivity contribution in [2.24, 2.45) is 5.92 Å². The lowest BCUT2D eigenvalue weighted by molar-refractivity contribution is -0.147. The van der Waals surface area contributed by atoms with Gasteiger partial charge in [-0.2, -0.15) is 0 Å². The number of amides is 2. The molecule has 2 rings (SSSR count). The molecule has 0 heterocycles. The van der Waals surface area contributed by atoms with Crippen LogP contribution in [0.2, 0.25) is 0 Å². The highest BCUT2D eigenvalue weighted by Crippen LogP contribution is 2.13. The second-order valence-electron chi connectivity index (χ2n) is 7.96. The molecule has 9 nitrogen and oxygen atoms in total. The summed E-state index contributed by atoms with van der Waals surface area (Å²) in [5.41, 5.74) is 1.67. The Morgan fingerprint density at radius 1 is 0.794 bits per heavy atom. The molecule has 0 bridgehead atoms. The van der Waals surface area contributed by atoms with Crippen LogP contribution in [-0.4, -0.2) is 42.7 Å². The summed E-state index contributed by atoms with van der Waals surface area (Å²) in [5.74, 6) is -2.07. The molecule has 0 aliphatic heterocycles. The molecule has 34 heavy (non-hydrogen) atoms. The summed E-state index contributed by atoms with van der Waals surface area (Å²) in [7, 11) is 0. The minimum atomic E-state index is -0.705. The summed E-state index contributed by atoms with van der Waals surface area (Å²) < 4.78 is 10.1. The second-order valence-corrected chi connectivity index (χ2v) is 7.96. The molecule has 0 aliphatic rings. The minimum Gasteiger partial charge on any atom is -0.462 e. The lowest BCUT2D eigenvalue weighted by Crippen LogP contribution is -2.21. The molecule has 0 saturated heterocycles. The number of Topliss-reactive ketones (excluding diaryl/α,β-unsaturated/α-hetero) is 1. The van der Waals surface area contributed by atoms with Gasteiger partial charge in [0.25, 0.3) is 5.91 Å². The number of rotatable bonds is 11. The molecule has 2 N–H and O–H groups in total. The number of ether oxygens (including phenoxy) is 2. The zero-order valence-corrected chi connectivity index (χ0v) is 19.4. The Balaban J connectivity index is 1.73. The maximum Gasteiger partial charge on any atom is 0.338 e. The Labute approximate surface area is 197 Å². The lowest BCUT2D eigenvalue weighted by Gasteiger charge is -2.09. The van der Waals surface area contributed by atoms with Crippen molar-refractivity contribution in [2.45, 2.75) is 33.6 Å². The van der Waals surface area contributed by atoms with Gasteiger partial charge in [-0.05, 0) is 55.3 Å². The standard InChI is InChI=1S/C25H28N2O7/c1-16(2)14-34-25(32)19-5-4-6-21(13-19)27-22(29)11-12-24(31)33-15-23(30)26-20-9-7-18(8-10-20)17(3)28/h4-10,13,16H,11-12,14-15H2,1-3H3,(H,26,30)(H,27,29). The summed E-state index contributed by atoms with van der Waals surface area (Å²) >= 11 is 0. The second kappa shape index (κ2) is 12.9. The molecule has 2 aromatic rings. The van der Waals surface area contributed by atoms with Crippen LogP contribution >= 0.6 is 0 Å². The van der Waals surface area contributed by atoms with Crippen LogP contribution in [0, 0.1) is 5.92 Å². The van der Waals surface area contributed by atoms with E-state index in [-0.39, 0.29) is 24.5 Å². The van der Waals surface area contributed by atoms with Crippen molar-refractivity contribution < 1.29 is 33.4 Å². The van der Waals surface area contributed by atoms with Crippen molar-refractivity contribution >= 4 is 40.9 Å². The summed E-state index contributed by atoms with van der Waals surface area (Å²) in [6.45, 7) is 5.08. The van der Waals surface area contributed by atoms with Crippen LogP contribution in [0.4, 0.5) is 11.4 Å². The predicted octanol–water partition coefficient (Wildman–Crippen LogP) is 3.60. The average Bonchev–Trinajstić information content (AvgIpc) is 2.80. The highest BCUT2D eigenvalue weighted by atomic mass is 16.5. The maximum absolute atomic E-state index is 12.1. The van der Waals surface area contributed by atoms with Gasteiger partial charge in [0.2, 0.25) is 5.91 Å². The third-order valence-electron chi connectivity index (χ3n) is 4.43. The maximum atomic E-state index is 12.1. The van der Waals surface area contributed by atoms with Crippen molar-refractivity contribution in [1.82, 2.24) is 0 Å². The molecule has 0 fully saturated rings. The molecule has 180 valence electrons. The normalized spacial score (nSPS) is 10.4. The molecule has 0 aliphatic carbocycles. The molecule has 0 unspecified atom stereocenters. The van der Waals surface area contributed by atoms with Gasteiger partial charge in [-0.25, -0.2) is 4.79 Å². The molecular weight excluding hydrogens is 440 g/mol. The van der Waals surface area contributed by atoms with E-state index in [1.807, 2.05) is 13.8 Å². The molecule has 0 atom stereocenters. The highest BCUT2D eigenvalue weighted by Gasteiger charge is 2.13. The largest absolute Gasteiger partial charge is 0.462 e. The van der Waals surface area contributed by atoms with Gasteiger partial charge in [0, 0.05) is 23.4 Å². The predicted molar refractivity (Wildman–Crippen MR) is 125 cm³/mol. The summed E-state index contributed by atoms with van der Waals surface area (Å²) in [5, 5.41) is 5.16. The van der Waals surface area contributed by atoms with Crippen molar-refractivity contribution in [3.05, 3.63) is 59.7 Å². The van der Waals surface area contributed by atoms with E-state index in [0.29, 0.717) is 29.1 Å². The Hall–Kier alpha value is -4.01. The van der Waals surface area contributed by atoms with E-state index in [9.17, 15) is 24.0 Å². The molecule has 9 heteroatoms. The van der Waals surface area contributed by atoms with Gasteiger partial charge in [-0.3, -0.25) is 19.2 Å². The third kappa shape index (κ3) is 9.23. The molecular formula is C25H28N2O7. The average molecular weight is 469 g/mol. The minimum absolute atomic E-state index is 0.0901. The fourth-order valence-electron chi connectivity index (χ4n) is 2.69. The Kier molecular flexibility index (Phi) is 9.94. The number of esters is 2. The Morgan fingerprint density at radius 3 is 2.12 bits per heavy atom. The topological polar surface area (TPSA) is 128 Å². The summed E-state index contributed by atoms with van der Waals surface area (Å²) in [6.07, 6.45) is -0.377. The quantitative estimate of drug-likeness (QED) is 0.381. The van der Waals surface area contributed by atoms with E-state index in [1.165, 1.54) is 13.0 Å². The van der Waals surface area contributed by atoms with E-state index in [0.717, 1.165) is 0 Å². The first-order chi connectivity index (χ1) is 16.1. The SMILES string of the molecule is CC(=O)c1ccc(NC(=O)COC(=O)CCC(=O)Nc2cccc(C(=O)OCC(C)C)c2)cc1. The lowest BCUT2D eigenvalue weighted by atomic mass is 10.1. The molecule has 0 spiro atoms. The van der Waals surface area contributed by atoms with Gasteiger partial charge in [0.15, 0.2) is 12.4 Å². The first kappa shape index (κ1) is 26.2. The van der Waals surface area contributed by atoms with Crippen LogP contribution in [0.3, 0.4) is 0 Å². The van der Waals surface area contributed by atoms with E-state index in [1.54, 1.807) is 42.5 Å². The van der Waals surface area contributed by atoms with Crippen molar-refractivity contribution in [3.8, 4) is 0 Å². The van der Waals surface area contributed by atoms with Crippen LogP contribution in [-0.2, 0) is 23.9 Å². The summed E-state index contributed by atoms with van der Waals surface area (Å²) in [4.78, 5) is 59.2. The van der Waals surface area contributed by atoms with Gasteiger partial charge in [0.1, 0.15) is 0 Å². The summed E-state index contributed by atoms with van der Waals surface area (Å²) in [6, 6.07) is 12.6. The molecule has 0 saturated carbocycles. The zero-order valence-electron chi connectivity index (χ0n) is 19.4. The van der Waals surface area contributed by atoms with Crippen molar-refractivity contribution in [3.63, 3.8) is 0 Å². The smallest absolute Gasteiger partial charge is 0.338 e. The third-order valence-corrected chi connectivity index (χ3v) is 4.43. The van der Waals surface area contributed by atoms with Crippen LogP contribution in [0.5, 0.6) is 0 Å². The van der Waals surface area contributed by atoms with Gasteiger partial charge < -0.3 is 20.1 Å². The first-order valence-corrected chi connectivity index (χ1v) is 10.8. The Bertz CT molecular complexity index is 1050. The van der Waals surface area contributed by atoms with Crippen molar-refractivity contribution in [1.29, 1.82) is 0 Å². The van der Waals surface area contributed by atoms with E-state index >= 15 is 0 Å². The van der Waals surface area contributed by atoms with Crippen LogP contribution in [0.1, 0.15) is 54.3 Å². The number of anilines is 2. The van der Waals surface area contributed by atoms with Gasteiger partial charge in [-0.15, -0.1) is 0 Å². The number of carbonyl (C=O) groups is 5. The van der Waals surface area contributed by atoms with Gasteiger partial charge in [-0.1, -0.05) is 19.9 Å². The van der Waals surface area contributed by atoms with E-state index < -0.39 is 30.4 Å². The number of carbonyl (C=O) groups excluding carboxylic acids is 5. The van der Waals surface area contributed by atoms with Crippen LogP contribution in [0.25, 0.3) is 0 Å². The molecule has 2 amide bonds. The first-order valence-electron chi connectivity index (χ1n) is 10.8. The fourth-order valence-corrected chi connectivity index (χ4v) is 2.69. The molecule has 0 aromatic heterocycles. The monoisotopic (exact) mass is 468 g/mol. The van der Waals surface area contributed by atoms with Gasteiger partial charge in [0.05, 0.1) is 18.6 Å². The van der Waals surface area contributed by atoms with E-state index in [4.69, 9.17) is 9.47 Å². The van der Waals surface area contributed by atoms with Crippen LogP contribution < -0.4 is 10.6 Å². The zero-order chi connectivity index (χ0) is 25.1. The molecule has 0 radical (unpaired) electrons. The number of nitrogens with one attached hydrogen (secondary N) is 2. The Morgan fingerprint density at radius 2 is 1.47 bits per heavy atom. The fraction of sp³-hybridized carbons (Fsp3) is 0.320. The number of ketones is 1. The van der Waals surface area contributed by atoms with E-state index in [2.05, 4.69) is 10.6 Å². The van der Waals surface area contributed by atoms with Gasteiger partial charge >= 0.3 is 11.9 Å².